The Morgan fingerprint density at radius 3 is 2.26 bits per heavy atom. The second-order valence-corrected chi connectivity index (χ2v) is 8.64. The van der Waals surface area contributed by atoms with Crippen molar-refractivity contribution in [1.82, 2.24) is 0 Å². The first-order chi connectivity index (χ1) is 14.7. The van der Waals surface area contributed by atoms with E-state index in [9.17, 15) is 18.8 Å². The van der Waals surface area contributed by atoms with Gasteiger partial charge in [0.15, 0.2) is 11.6 Å². The Morgan fingerprint density at radius 1 is 1.03 bits per heavy atom. The summed E-state index contributed by atoms with van der Waals surface area (Å²) in [6, 6.07) is 9.28. The van der Waals surface area contributed by atoms with Crippen LogP contribution < -0.4 is 4.74 Å². The molecule has 0 saturated carbocycles. The van der Waals surface area contributed by atoms with Gasteiger partial charge < -0.3 is 14.2 Å². The molecule has 0 bridgehead atoms. The van der Waals surface area contributed by atoms with Gasteiger partial charge in [-0.1, -0.05) is 17.7 Å². The SMILES string of the molecule is CC(=O)Oc1cc(C(=O)OC(OC(=O)c2ccc(C)cc2)[C@H]2CCCS2)cc(C)c1F. The molecule has 2 aromatic carbocycles. The third kappa shape index (κ3) is 5.85. The molecule has 1 fully saturated rings. The first-order valence-electron chi connectivity index (χ1n) is 9.83. The van der Waals surface area contributed by atoms with Crippen molar-refractivity contribution in [2.75, 3.05) is 5.75 Å². The number of halogens is 1. The minimum atomic E-state index is -1.10. The van der Waals surface area contributed by atoms with Gasteiger partial charge in [-0.15, -0.1) is 0 Å². The van der Waals surface area contributed by atoms with E-state index >= 15 is 0 Å². The fourth-order valence-corrected chi connectivity index (χ4v) is 4.35. The molecular formula is C23H23FO6S. The maximum atomic E-state index is 14.2. The molecule has 3 rings (SSSR count). The molecule has 1 saturated heterocycles. The number of ether oxygens (including phenoxy) is 3. The highest BCUT2D eigenvalue weighted by Gasteiger charge is 2.33. The molecule has 0 aliphatic carbocycles. The molecule has 1 aliphatic rings. The van der Waals surface area contributed by atoms with Crippen LogP contribution in [0, 0.1) is 19.7 Å². The van der Waals surface area contributed by atoms with E-state index in [-0.39, 0.29) is 22.1 Å². The molecule has 2 aromatic rings. The number of hydrogen-bond acceptors (Lipinski definition) is 7. The summed E-state index contributed by atoms with van der Waals surface area (Å²) in [5, 5.41) is -0.201. The van der Waals surface area contributed by atoms with Crippen molar-refractivity contribution in [2.45, 2.75) is 45.2 Å². The monoisotopic (exact) mass is 446 g/mol. The minimum Gasteiger partial charge on any atom is -0.424 e. The molecule has 0 radical (unpaired) electrons. The summed E-state index contributed by atoms with van der Waals surface area (Å²) in [6.45, 7) is 4.49. The molecule has 0 N–H and O–H groups in total. The van der Waals surface area contributed by atoms with Crippen LogP contribution in [0.3, 0.4) is 0 Å². The average Bonchev–Trinajstić information content (AvgIpc) is 3.25. The Bertz CT molecular complexity index is 982. The summed E-state index contributed by atoms with van der Waals surface area (Å²) in [4.78, 5) is 36.6. The fraction of sp³-hybridized carbons (Fsp3) is 0.348. The Morgan fingerprint density at radius 2 is 1.68 bits per heavy atom. The highest BCUT2D eigenvalue weighted by Crippen LogP contribution is 2.32. The van der Waals surface area contributed by atoms with E-state index < -0.39 is 30.0 Å². The first-order valence-corrected chi connectivity index (χ1v) is 10.9. The van der Waals surface area contributed by atoms with E-state index in [1.807, 2.05) is 6.92 Å². The molecule has 8 heteroatoms. The Labute approximate surface area is 184 Å². The molecule has 164 valence electrons. The van der Waals surface area contributed by atoms with E-state index in [1.54, 1.807) is 36.0 Å². The van der Waals surface area contributed by atoms with Crippen molar-refractivity contribution in [3.63, 3.8) is 0 Å². The summed E-state index contributed by atoms with van der Waals surface area (Å²) < 4.78 is 30.1. The molecule has 1 aliphatic heterocycles. The standard InChI is InChI=1S/C23H23FO6S/c1-13-6-8-16(9-7-13)21(26)29-23(19-5-4-10-31-19)30-22(27)17-11-14(2)20(24)18(12-17)28-15(3)25/h6-9,11-12,19,23H,4-5,10H2,1-3H3/t19-,23?/m1/s1. The lowest BCUT2D eigenvalue weighted by atomic mass is 10.1. The smallest absolute Gasteiger partial charge is 0.341 e. The average molecular weight is 446 g/mol. The van der Waals surface area contributed by atoms with E-state index in [2.05, 4.69) is 0 Å². The van der Waals surface area contributed by atoms with E-state index in [0.29, 0.717) is 5.56 Å². The second kappa shape index (κ2) is 9.96. The molecule has 0 spiro atoms. The lowest BCUT2D eigenvalue weighted by Crippen LogP contribution is -2.33. The lowest BCUT2D eigenvalue weighted by Gasteiger charge is -2.23. The van der Waals surface area contributed by atoms with Gasteiger partial charge in [-0.25, -0.2) is 14.0 Å². The Balaban J connectivity index is 1.80. The summed E-state index contributed by atoms with van der Waals surface area (Å²) in [7, 11) is 0. The van der Waals surface area contributed by atoms with Gasteiger partial charge in [-0.05, 0) is 62.3 Å². The number of carbonyl (C=O) groups excluding carboxylic acids is 3. The Kier molecular flexibility index (Phi) is 7.33. The Hall–Kier alpha value is -2.87. The van der Waals surface area contributed by atoms with Gasteiger partial charge in [0.2, 0.25) is 0 Å². The quantitative estimate of drug-likeness (QED) is 0.364. The third-order valence-corrected chi connectivity index (χ3v) is 6.12. The van der Waals surface area contributed by atoms with Gasteiger partial charge in [-0.3, -0.25) is 4.79 Å². The topological polar surface area (TPSA) is 78.9 Å². The molecule has 0 amide bonds. The second-order valence-electron chi connectivity index (χ2n) is 7.30. The molecular weight excluding hydrogens is 423 g/mol. The zero-order chi connectivity index (χ0) is 22.5. The van der Waals surface area contributed by atoms with E-state index in [0.717, 1.165) is 37.1 Å². The normalized spacial score (nSPS) is 16.5. The van der Waals surface area contributed by atoms with Crippen LogP contribution in [-0.4, -0.2) is 35.2 Å². The highest BCUT2D eigenvalue weighted by molar-refractivity contribution is 8.00. The van der Waals surface area contributed by atoms with E-state index in [4.69, 9.17) is 14.2 Å². The highest BCUT2D eigenvalue weighted by atomic mass is 32.2. The zero-order valence-electron chi connectivity index (χ0n) is 17.5. The molecule has 2 atom stereocenters. The van der Waals surface area contributed by atoms with Crippen LogP contribution in [0.15, 0.2) is 36.4 Å². The number of esters is 3. The molecule has 31 heavy (non-hydrogen) atoms. The van der Waals surface area contributed by atoms with Crippen molar-refractivity contribution < 1.29 is 33.0 Å². The number of thioether (sulfide) groups is 1. The number of carbonyl (C=O) groups is 3. The van der Waals surface area contributed by atoms with Crippen molar-refractivity contribution in [3.05, 3.63) is 64.5 Å². The van der Waals surface area contributed by atoms with Crippen LogP contribution in [0.4, 0.5) is 4.39 Å². The van der Waals surface area contributed by atoms with Crippen molar-refractivity contribution >= 4 is 29.7 Å². The predicted molar refractivity (Wildman–Crippen MR) is 114 cm³/mol. The summed E-state index contributed by atoms with van der Waals surface area (Å²) in [6.07, 6.45) is 0.541. The van der Waals surface area contributed by atoms with Gasteiger partial charge >= 0.3 is 17.9 Å². The third-order valence-electron chi connectivity index (χ3n) is 4.71. The van der Waals surface area contributed by atoms with Crippen molar-refractivity contribution in [2.24, 2.45) is 0 Å². The summed E-state index contributed by atoms with van der Waals surface area (Å²) in [5.41, 5.74) is 1.47. The van der Waals surface area contributed by atoms with Gasteiger partial charge in [0.05, 0.1) is 16.4 Å². The van der Waals surface area contributed by atoms with Crippen LogP contribution in [0.25, 0.3) is 0 Å². The van der Waals surface area contributed by atoms with Crippen LogP contribution in [-0.2, 0) is 14.3 Å². The summed E-state index contributed by atoms with van der Waals surface area (Å²) in [5.74, 6) is -2.33. The molecule has 1 unspecified atom stereocenters. The first kappa shape index (κ1) is 22.8. The van der Waals surface area contributed by atoms with Gasteiger partial charge in [0.1, 0.15) is 0 Å². The molecule has 1 heterocycles. The van der Waals surface area contributed by atoms with Gasteiger partial charge in [0.25, 0.3) is 6.29 Å². The van der Waals surface area contributed by atoms with Crippen molar-refractivity contribution in [3.8, 4) is 5.75 Å². The number of aryl methyl sites for hydroxylation is 2. The minimum absolute atomic E-state index is 0.00506. The van der Waals surface area contributed by atoms with Crippen LogP contribution in [0.1, 0.15) is 51.6 Å². The zero-order valence-corrected chi connectivity index (χ0v) is 18.3. The predicted octanol–water partition coefficient (Wildman–Crippen LogP) is 4.60. The summed E-state index contributed by atoms with van der Waals surface area (Å²) >= 11 is 1.56. The van der Waals surface area contributed by atoms with Gasteiger partial charge in [-0.2, -0.15) is 11.8 Å². The van der Waals surface area contributed by atoms with E-state index in [1.165, 1.54) is 13.0 Å². The maximum absolute atomic E-state index is 14.2. The number of benzene rings is 2. The fourth-order valence-electron chi connectivity index (χ4n) is 3.11. The number of rotatable bonds is 6. The molecule has 6 nitrogen and oxygen atoms in total. The largest absolute Gasteiger partial charge is 0.424 e. The van der Waals surface area contributed by atoms with Crippen LogP contribution in [0.2, 0.25) is 0 Å². The maximum Gasteiger partial charge on any atom is 0.341 e. The van der Waals surface area contributed by atoms with Crippen molar-refractivity contribution in [1.29, 1.82) is 0 Å². The van der Waals surface area contributed by atoms with Crippen LogP contribution in [0.5, 0.6) is 5.75 Å². The molecule has 0 aromatic heterocycles. The number of hydrogen-bond donors (Lipinski definition) is 0. The van der Waals surface area contributed by atoms with Crippen LogP contribution >= 0.6 is 11.8 Å². The van der Waals surface area contributed by atoms with Gasteiger partial charge in [0, 0.05) is 6.92 Å². The lowest BCUT2D eigenvalue weighted by molar-refractivity contribution is -0.132.